The summed E-state index contributed by atoms with van der Waals surface area (Å²) < 4.78 is 12.3. The molecule has 258 valence electrons. The van der Waals surface area contributed by atoms with Crippen LogP contribution in [0.3, 0.4) is 0 Å². The topological polar surface area (TPSA) is 159 Å². The molecule has 0 bridgehead atoms. The van der Waals surface area contributed by atoms with Crippen molar-refractivity contribution >= 4 is 50.3 Å². The number of hydrogen-bond donors (Lipinski definition) is 3. The van der Waals surface area contributed by atoms with Crippen LogP contribution in [-0.4, -0.2) is 99.8 Å². The molecule has 3 N–H and O–H groups in total. The highest BCUT2D eigenvalue weighted by Crippen LogP contribution is 2.32. The molecule has 2 aliphatic rings. The van der Waals surface area contributed by atoms with E-state index in [0.717, 1.165) is 79.8 Å². The Morgan fingerprint density at radius 3 is 2.49 bits per heavy atom. The first-order valence-corrected chi connectivity index (χ1v) is 17.5. The third-order valence-corrected chi connectivity index (χ3v) is 9.81. The smallest absolute Gasteiger partial charge is 0.411 e. The summed E-state index contributed by atoms with van der Waals surface area (Å²) in [4.78, 5) is 54.1. The fourth-order valence-corrected chi connectivity index (χ4v) is 6.96. The van der Waals surface area contributed by atoms with E-state index in [4.69, 9.17) is 14.6 Å². The molecule has 4 heterocycles. The second kappa shape index (κ2) is 16.2. The van der Waals surface area contributed by atoms with Gasteiger partial charge in [0, 0.05) is 63.6 Å². The van der Waals surface area contributed by atoms with Crippen molar-refractivity contribution in [2.75, 3.05) is 56.5 Å². The van der Waals surface area contributed by atoms with Crippen molar-refractivity contribution in [2.45, 2.75) is 51.6 Å². The number of aromatic nitrogens is 3. The summed E-state index contributed by atoms with van der Waals surface area (Å²) in [6, 6.07) is 9.29. The first kappa shape index (κ1) is 34.2. The van der Waals surface area contributed by atoms with E-state index in [1.807, 2.05) is 31.2 Å². The van der Waals surface area contributed by atoms with Gasteiger partial charge in [-0.2, -0.15) is 0 Å². The van der Waals surface area contributed by atoms with Crippen LogP contribution in [0.4, 0.5) is 15.6 Å². The number of carboxylic acid groups (broad SMARTS) is 1. The highest BCUT2D eigenvalue weighted by Gasteiger charge is 2.20. The van der Waals surface area contributed by atoms with Crippen molar-refractivity contribution < 1.29 is 29.0 Å². The minimum absolute atomic E-state index is 0.0278. The number of carbonyl (C=O) groups excluding carboxylic acids is 2. The first-order chi connectivity index (χ1) is 23.8. The van der Waals surface area contributed by atoms with Crippen molar-refractivity contribution in [1.82, 2.24) is 24.8 Å². The van der Waals surface area contributed by atoms with Crippen LogP contribution in [0.25, 0.3) is 21.3 Å². The van der Waals surface area contributed by atoms with Crippen LogP contribution >= 0.6 is 11.3 Å². The second-order valence-electron chi connectivity index (χ2n) is 12.4. The number of hydrogen-bond acceptors (Lipinski definition) is 11. The van der Waals surface area contributed by atoms with E-state index in [9.17, 15) is 14.4 Å². The monoisotopic (exact) mass is 687 g/mol. The molecular weight excluding hydrogens is 646 g/mol. The normalized spacial score (nSPS) is 15.9. The number of aryl methyl sites for hydroxylation is 1. The van der Waals surface area contributed by atoms with Gasteiger partial charge in [-0.15, -0.1) is 0 Å². The van der Waals surface area contributed by atoms with E-state index >= 15 is 0 Å². The van der Waals surface area contributed by atoms with Crippen LogP contribution in [0.2, 0.25) is 0 Å². The fourth-order valence-electron chi connectivity index (χ4n) is 6.03. The Morgan fingerprint density at radius 1 is 0.939 bits per heavy atom. The number of ether oxygens (including phenoxy) is 2. The van der Waals surface area contributed by atoms with Gasteiger partial charge in [0.2, 0.25) is 5.91 Å². The number of thiazole rings is 1. The van der Waals surface area contributed by atoms with Crippen LogP contribution in [0, 0.1) is 6.92 Å². The molecule has 4 aromatic rings. The summed E-state index contributed by atoms with van der Waals surface area (Å²) in [5.41, 5.74) is 4.01. The molecule has 2 amide bonds. The highest BCUT2D eigenvalue weighted by atomic mass is 32.1. The van der Waals surface area contributed by atoms with E-state index in [-0.39, 0.29) is 17.6 Å². The summed E-state index contributed by atoms with van der Waals surface area (Å²) in [6.45, 7) is 7.08. The van der Waals surface area contributed by atoms with Gasteiger partial charge in [0.05, 0.1) is 33.4 Å². The molecule has 1 aliphatic carbocycles. The number of carboxylic acids is 1. The fraction of sp³-hybridized carbons (Fsp3) is 0.429. The second-order valence-corrected chi connectivity index (χ2v) is 13.4. The molecule has 1 saturated carbocycles. The average Bonchev–Trinajstić information content (AvgIpc) is 3.51. The molecule has 0 atom stereocenters. The van der Waals surface area contributed by atoms with Crippen molar-refractivity contribution in [3.8, 4) is 16.9 Å². The number of fused-ring (bicyclic) bond motifs is 1. The minimum atomic E-state index is -1.03. The number of anilines is 2. The van der Waals surface area contributed by atoms with E-state index in [2.05, 4.69) is 35.4 Å². The van der Waals surface area contributed by atoms with Crippen LogP contribution in [0.15, 0.2) is 48.9 Å². The molecule has 14 heteroatoms. The molecule has 3 aromatic heterocycles. The van der Waals surface area contributed by atoms with Gasteiger partial charge in [-0.25, -0.2) is 14.6 Å². The number of piperazine rings is 1. The zero-order valence-corrected chi connectivity index (χ0v) is 28.3. The Kier molecular flexibility index (Phi) is 11.3. The predicted molar refractivity (Wildman–Crippen MR) is 187 cm³/mol. The van der Waals surface area contributed by atoms with Gasteiger partial charge in [-0.1, -0.05) is 23.8 Å². The SMILES string of the molecule is Cc1ncc(-c2ccc3nc(NC(=O)CCN4CCN(CCOc5cncc(C(=O)O)c5)CC4)sc3c2)cc1NC(=O)OC1CCCCC1. The van der Waals surface area contributed by atoms with E-state index < -0.39 is 12.1 Å². The number of rotatable bonds is 12. The number of amides is 2. The lowest BCUT2D eigenvalue weighted by atomic mass is 9.98. The quantitative estimate of drug-likeness (QED) is 0.169. The van der Waals surface area contributed by atoms with Crippen LogP contribution in [0.5, 0.6) is 5.75 Å². The number of carbonyl (C=O) groups is 3. The summed E-state index contributed by atoms with van der Waals surface area (Å²) in [5.74, 6) is -0.670. The Balaban J connectivity index is 0.949. The Bertz CT molecular complexity index is 1790. The third-order valence-electron chi connectivity index (χ3n) is 8.87. The Labute approximate surface area is 288 Å². The van der Waals surface area contributed by atoms with Crippen molar-refractivity contribution in [3.05, 3.63) is 60.2 Å². The van der Waals surface area contributed by atoms with Crippen LogP contribution in [0.1, 0.15) is 54.6 Å². The van der Waals surface area contributed by atoms with E-state index in [1.165, 1.54) is 36.2 Å². The number of nitrogens with one attached hydrogen (secondary N) is 2. The lowest BCUT2D eigenvalue weighted by Gasteiger charge is -2.34. The average molecular weight is 688 g/mol. The predicted octanol–water partition coefficient (Wildman–Crippen LogP) is 5.67. The highest BCUT2D eigenvalue weighted by molar-refractivity contribution is 7.22. The number of aromatic carboxylic acids is 1. The molecule has 1 aromatic carbocycles. The zero-order chi connectivity index (χ0) is 34.2. The van der Waals surface area contributed by atoms with Gasteiger partial charge in [-0.3, -0.25) is 25.0 Å². The minimum Gasteiger partial charge on any atom is -0.491 e. The maximum Gasteiger partial charge on any atom is 0.411 e. The molecule has 2 fully saturated rings. The maximum absolute atomic E-state index is 12.8. The van der Waals surface area contributed by atoms with Crippen LogP contribution in [-0.2, 0) is 9.53 Å². The van der Waals surface area contributed by atoms with Crippen molar-refractivity contribution in [2.24, 2.45) is 0 Å². The maximum atomic E-state index is 12.8. The Morgan fingerprint density at radius 2 is 1.71 bits per heavy atom. The molecule has 13 nitrogen and oxygen atoms in total. The molecule has 0 radical (unpaired) electrons. The summed E-state index contributed by atoms with van der Waals surface area (Å²) in [5, 5.41) is 15.5. The molecule has 6 rings (SSSR count). The van der Waals surface area contributed by atoms with E-state index in [1.54, 1.807) is 6.20 Å². The van der Waals surface area contributed by atoms with Gasteiger partial charge in [-0.05, 0) is 62.4 Å². The van der Waals surface area contributed by atoms with Gasteiger partial charge >= 0.3 is 12.1 Å². The first-order valence-electron chi connectivity index (χ1n) is 16.7. The molecular formula is C35H41N7O6S. The molecule has 0 spiro atoms. The molecule has 49 heavy (non-hydrogen) atoms. The Hall–Kier alpha value is -4.66. The number of benzene rings is 1. The number of pyridine rings is 2. The summed E-state index contributed by atoms with van der Waals surface area (Å²) >= 11 is 1.42. The van der Waals surface area contributed by atoms with Gasteiger partial charge < -0.3 is 24.8 Å². The molecule has 1 aliphatic heterocycles. The van der Waals surface area contributed by atoms with Gasteiger partial charge in [0.1, 0.15) is 18.5 Å². The summed E-state index contributed by atoms with van der Waals surface area (Å²) in [6.07, 6.45) is 9.67. The lowest BCUT2D eigenvalue weighted by molar-refractivity contribution is -0.116. The van der Waals surface area contributed by atoms with Crippen LogP contribution < -0.4 is 15.4 Å². The zero-order valence-electron chi connectivity index (χ0n) is 27.5. The largest absolute Gasteiger partial charge is 0.491 e. The van der Waals surface area contributed by atoms with Crippen molar-refractivity contribution in [1.29, 1.82) is 0 Å². The summed E-state index contributed by atoms with van der Waals surface area (Å²) in [7, 11) is 0. The van der Waals surface area contributed by atoms with E-state index in [0.29, 0.717) is 41.8 Å². The van der Waals surface area contributed by atoms with Crippen molar-refractivity contribution in [3.63, 3.8) is 0 Å². The third kappa shape index (κ3) is 9.49. The van der Waals surface area contributed by atoms with Gasteiger partial charge in [0.15, 0.2) is 5.13 Å². The standard InChI is InChI=1S/C35H41N7O6S/c1-23-30(39-35(46)48-27-5-3-2-4-6-27)18-25(21-37-23)24-7-8-29-31(19-24)49-34(38-29)40-32(43)9-10-41-11-13-42(14-12-41)15-16-47-28-17-26(33(44)45)20-36-22-28/h7-8,17-22,27H,2-6,9-16H2,1H3,(H,39,46)(H,44,45)(H,38,40,43). The lowest BCUT2D eigenvalue weighted by Crippen LogP contribution is -2.48. The molecule has 0 unspecified atom stereocenters. The van der Waals surface area contributed by atoms with Gasteiger partial charge in [0.25, 0.3) is 0 Å². The molecule has 1 saturated heterocycles. The number of nitrogens with zero attached hydrogens (tertiary/aromatic N) is 5.